The molecule has 0 radical (unpaired) electrons. The second kappa shape index (κ2) is 14.0. The fraction of sp³-hybridized carbons (Fsp3) is 0.850. The van der Waals surface area contributed by atoms with E-state index in [0.717, 1.165) is 31.9 Å². The van der Waals surface area contributed by atoms with Gasteiger partial charge in [-0.15, -0.1) is 6.58 Å². The predicted molar refractivity (Wildman–Crippen MR) is 99.8 cm³/mol. The van der Waals surface area contributed by atoms with Crippen molar-refractivity contribution in [2.75, 3.05) is 13.2 Å². The van der Waals surface area contributed by atoms with Gasteiger partial charge in [0.2, 0.25) is 0 Å². The van der Waals surface area contributed by atoms with E-state index < -0.39 is 0 Å². The van der Waals surface area contributed by atoms with Crippen LogP contribution in [0.3, 0.4) is 0 Å². The lowest BCUT2D eigenvalue weighted by Crippen LogP contribution is -2.26. The Morgan fingerprint density at radius 2 is 1.82 bits per heavy atom. The number of hydrogen-bond acceptors (Lipinski definition) is 2. The van der Waals surface area contributed by atoms with Gasteiger partial charge in [-0.3, -0.25) is 4.99 Å². The van der Waals surface area contributed by atoms with Crippen LogP contribution in [0.4, 0.5) is 0 Å². The fourth-order valence-electron chi connectivity index (χ4n) is 2.72. The summed E-state index contributed by atoms with van der Waals surface area (Å²) in [5, 5.41) is 0. The van der Waals surface area contributed by atoms with Crippen molar-refractivity contribution in [3.63, 3.8) is 0 Å². The summed E-state index contributed by atoms with van der Waals surface area (Å²) in [5.74, 6) is 1.86. The van der Waals surface area contributed by atoms with E-state index in [2.05, 4.69) is 45.3 Å². The maximum atomic E-state index is 6.23. The highest BCUT2D eigenvalue weighted by atomic mass is 16.5. The largest absolute Gasteiger partial charge is 0.377 e. The third kappa shape index (κ3) is 9.40. The highest BCUT2D eigenvalue weighted by molar-refractivity contribution is 5.53. The van der Waals surface area contributed by atoms with Gasteiger partial charge in [-0.25, -0.2) is 0 Å². The summed E-state index contributed by atoms with van der Waals surface area (Å²) in [7, 11) is 0. The molecule has 4 unspecified atom stereocenters. The zero-order chi connectivity index (χ0) is 16.8. The van der Waals surface area contributed by atoms with Crippen molar-refractivity contribution in [2.24, 2.45) is 22.7 Å². The smallest absolute Gasteiger partial charge is 0.0635 e. The molecule has 0 fully saturated rings. The first kappa shape index (κ1) is 21.4. The molecule has 0 aromatic rings. The highest BCUT2D eigenvalue weighted by Crippen LogP contribution is 2.23. The topological polar surface area (TPSA) is 21.6 Å². The molecule has 0 heterocycles. The van der Waals surface area contributed by atoms with Crippen LogP contribution in [0.2, 0.25) is 0 Å². The first-order valence-electron chi connectivity index (χ1n) is 9.31. The van der Waals surface area contributed by atoms with E-state index in [-0.39, 0.29) is 0 Å². The molecule has 22 heavy (non-hydrogen) atoms. The van der Waals surface area contributed by atoms with Crippen LogP contribution in [0.15, 0.2) is 17.6 Å². The molecule has 0 saturated carbocycles. The number of nitrogens with zero attached hydrogens (tertiary/aromatic N) is 1. The molecule has 0 rings (SSSR count). The van der Waals surface area contributed by atoms with E-state index in [1.54, 1.807) is 0 Å². The molecule has 130 valence electrons. The second-order valence-electron chi connectivity index (χ2n) is 6.52. The average Bonchev–Trinajstić information content (AvgIpc) is 2.55. The Kier molecular flexibility index (Phi) is 13.6. The summed E-state index contributed by atoms with van der Waals surface area (Å²) in [6.45, 7) is 16.8. The summed E-state index contributed by atoms with van der Waals surface area (Å²) in [6.07, 6.45) is 11.6. The van der Waals surface area contributed by atoms with Gasteiger partial charge in [0.1, 0.15) is 0 Å². The molecule has 0 spiro atoms. The van der Waals surface area contributed by atoms with Gasteiger partial charge in [0.05, 0.1) is 12.7 Å². The van der Waals surface area contributed by atoms with Gasteiger partial charge in [0, 0.05) is 18.4 Å². The minimum atomic E-state index is 0.314. The molecule has 0 aliphatic heterocycles. The quantitative estimate of drug-likeness (QED) is 0.288. The molecule has 4 atom stereocenters. The van der Waals surface area contributed by atoms with E-state index in [1.807, 2.05) is 13.1 Å². The standard InChI is InChI=1S/C20H39NO/c1-7-17(6)13-12-14-19(9-3)20(10-4)22-16-18(8-2)15-21-11-5/h9,11,17-20H,3,7-8,10,12-16H2,1-2,4-6H3/b21-11+. The van der Waals surface area contributed by atoms with Crippen LogP contribution >= 0.6 is 0 Å². The number of aliphatic imine (C=N–C) groups is 1. The van der Waals surface area contributed by atoms with E-state index >= 15 is 0 Å². The second-order valence-corrected chi connectivity index (χ2v) is 6.52. The summed E-state index contributed by atoms with van der Waals surface area (Å²) in [5.41, 5.74) is 0. The van der Waals surface area contributed by atoms with Crippen molar-refractivity contribution in [3.05, 3.63) is 12.7 Å². The zero-order valence-corrected chi connectivity index (χ0v) is 15.7. The van der Waals surface area contributed by atoms with Gasteiger partial charge in [-0.05, 0) is 38.3 Å². The Morgan fingerprint density at radius 3 is 2.32 bits per heavy atom. The van der Waals surface area contributed by atoms with Gasteiger partial charge < -0.3 is 4.74 Å². The van der Waals surface area contributed by atoms with Crippen LogP contribution in [0.1, 0.15) is 73.1 Å². The molecule has 0 aromatic heterocycles. The Bertz CT molecular complexity index is 287. The lowest BCUT2D eigenvalue weighted by Gasteiger charge is -2.26. The molecule has 0 aliphatic carbocycles. The maximum Gasteiger partial charge on any atom is 0.0635 e. The van der Waals surface area contributed by atoms with Crippen molar-refractivity contribution in [2.45, 2.75) is 79.2 Å². The molecule has 0 aliphatic rings. The van der Waals surface area contributed by atoms with Crippen molar-refractivity contribution < 1.29 is 4.74 Å². The van der Waals surface area contributed by atoms with E-state index in [4.69, 9.17) is 4.74 Å². The molecule has 0 aromatic carbocycles. The van der Waals surface area contributed by atoms with Crippen molar-refractivity contribution in [1.82, 2.24) is 0 Å². The van der Waals surface area contributed by atoms with E-state index in [0.29, 0.717) is 17.9 Å². The normalized spacial score (nSPS) is 17.3. The number of hydrogen-bond donors (Lipinski definition) is 0. The summed E-state index contributed by atoms with van der Waals surface area (Å²) < 4.78 is 6.23. The van der Waals surface area contributed by atoms with Crippen LogP contribution in [-0.4, -0.2) is 25.5 Å². The number of ether oxygens (including phenoxy) is 1. The Labute approximate surface area is 139 Å². The molecule has 2 heteroatoms. The van der Waals surface area contributed by atoms with Crippen LogP contribution in [0.5, 0.6) is 0 Å². The Balaban J connectivity index is 4.28. The van der Waals surface area contributed by atoms with E-state index in [1.165, 1.54) is 25.7 Å². The van der Waals surface area contributed by atoms with Crippen molar-refractivity contribution in [1.29, 1.82) is 0 Å². The number of rotatable bonds is 14. The van der Waals surface area contributed by atoms with Gasteiger partial charge in [0.15, 0.2) is 0 Å². The first-order valence-corrected chi connectivity index (χ1v) is 9.31. The fourth-order valence-corrected chi connectivity index (χ4v) is 2.72. The summed E-state index contributed by atoms with van der Waals surface area (Å²) in [4.78, 5) is 4.36. The molecule has 0 amide bonds. The van der Waals surface area contributed by atoms with Crippen LogP contribution < -0.4 is 0 Å². The lowest BCUT2D eigenvalue weighted by atomic mass is 9.91. The summed E-state index contributed by atoms with van der Waals surface area (Å²) in [6, 6.07) is 0. The highest BCUT2D eigenvalue weighted by Gasteiger charge is 2.19. The third-order valence-electron chi connectivity index (χ3n) is 4.78. The van der Waals surface area contributed by atoms with Gasteiger partial charge in [0.25, 0.3) is 0 Å². The molecular formula is C20H39NO. The van der Waals surface area contributed by atoms with E-state index in [9.17, 15) is 0 Å². The molecule has 2 nitrogen and oxygen atoms in total. The first-order chi connectivity index (χ1) is 10.6. The Hall–Kier alpha value is -0.630. The van der Waals surface area contributed by atoms with Crippen LogP contribution in [0.25, 0.3) is 0 Å². The average molecular weight is 310 g/mol. The van der Waals surface area contributed by atoms with Gasteiger partial charge in [-0.1, -0.05) is 53.0 Å². The SMILES string of the molecule is C=CC(CCCC(C)CC)C(CC)OCC(CC)C/N=C/C. The lowest BCUT2D eigenvalue weighted by molar-refractivity contribution is 0.000987. The molecule has 0 bridgehead atoms. The monoisotopic (exact) mass is 309 g/mol. The zero-order valence-electron chi connectivity index (χ0n) is 15.7. The minimum Gasteiger partial charge on any atom is -0.377 e. The molecule has 0 N–H and O–H groups in total. The van der Waals surface area contributed by atoms with Gasteiger partial charge in [-0.2, -0.15) is 0 Å². The Morgan fingerprint density at radius 1 is 1.09 bits per heavy atom. The summed E-state index contributed by atoms with van der Waals surface area (Å²) >= 11 is 0. The predicted octanol–water partition coefficient (Wildman–Crippen LogP) is 5.92. The molecule has 0 saturated heterocycles. The van der Waals surface area contributed by atoms with Crippen LogP contribution in [-0.2, 0) is 4.74 Å². The van der Waals surface area contributed by atoms with Gasteiger partial charge >= 0.3 is 0 Å². The third-order valence-corrected chi connectivity index (χ3v) is 4.78. The van der Waals surface area contributed by atoms with Crippen molar-refractivity contribution >= 4 is 6.21 Å². The maximum absolute atomic E-state index is 6.23. The van der Waals surface area contributed by atoms with Crippen LogP contribution in [0, 0.1) is 17.8 Å². The molecular weight excluding hydrogens is 270 g/mol. The van der Waals surface area contributed by atoms with Crippen molar-refractivity contribution in [3.8, 4) is 0 Å². The minimum absolute atomic E-state index is 0.314.